The van der Waals surface area contributed by atoms with Crippen molar-refractivity contribution in [3.8, 4) is 0 Å². The molecule has 1 amide bonds. The molecule has 0 atom stereocenters. The van der Waals surface area contributed by atoms with E-state index in [1.807, 2.05) is 0 Å². The van der Waals surface area contributed by atoms with Crippen LogP contribution in [-0.4, -0.2) is 29.0 Å². The first-order valence-corrected chi connectivity index (χ1v) is 7.53. The number of nitrogen functional groups attached to an aromatic ring is 1. The number of hydrogen-bond acceptors (Lipinski definition) is 4. The third kappa shape index (κ3) is 3.32. The summed E-state index contributed by atoms with van der Waals surface area (Å²) in [5, 5.41) is -3.16. The van der Waals surface area contributed by atoms with Gasteiger partial charge in [0.1, 0.15) is 0 Å². The van der Waals surface area contributed by atoms with Gasteiger partial charge in [-0.2, -0.15) is 30.7 Å². The number of benzene rings is 1. The molecule has 128 valence electrons. The van der Waals surface area contributed by atoms with Crippen LogP contribution in [0.15, 0.2) is 21.9 Å². The zero-order chi connectivity index (χ0) is 17.6. The Balaban J connectivity index is 2.35. The van der Waals surface area contributed by atoms with E-state index in [-0.39, 0.29) is 17.1 Å². The summed E-state index contributed by atoms with van der Waals surface area (Å²) < 4.78 is 88.9. The second-order valence-corrected chi connectivity index (χ2v) is 6.59. The summed E-state index contributed by atoms with van der Waals surface area (Å²) in [6.07, 6.45) is -6.41. The second kappa shape index (κ2) is 5.65. The fourth-order valence-corrected chi connectivity index (χ4v) is 3.38. The molecule has 0 bridgehead atoms. The molecule has 0 saturated carbocycles. The van der Waals surface area contributed by atoms with Gasteiger partial charge in [-0.15, -0.1) is 11.8 Å². The molecule has 0 fully saturated rings. The molecular formula is C11H7F7N2OS2. The topological polar surface area (TPSA) is 55.1 Å². The lowest BCUT2D eigenvalue weighted by atomic mass is 10.2. The normalized spacial score (nSPS) is 16.0. The molecule has 3 N–H and O–H groups in total. The number of hydrogen-bond donors (Lipinski definition) is 2. The Labute approximate surface area is 133 Å². The van der Waals surface area contributed by atoms with Crippen LogP contribution >= 0.6 is 23.5 Å². The molecule has 23 heavy (non-hydrogen) atoms. The lowest BCUT2D eigenvalue weighted by molar-refractivity contribution is -0.330. The summed E-state index contributed by atoms with van der Waals surface area (Å²) in [5.41, 5.74) is 5.44. The number of carbonyl (C=O) groups excluding carboxylic acids is 1. The van der Waals surface area contributed by atoms with Gasteiger partial charge in [-0.25, -0.2) is 0 Å². The number of amides is 1. The van der Waals surface area contributed by atoms with E-state index in [0.717, 1.165) is 23.9 Å². The van der Waals surface area contributed by atoms with Crippen molar-refractivity contribution >= 4 is 40.8 Å². The number of fused-ring (bicyclic) bond motifs is 1. The van der Waals surface area contributed by atoms with Gasteiger partial charge in [0.15, 0.2) is 0 Å². The smallest absolute Gasteiger partial charge is 0.398 e. The number of nitrogens with two attached hydrogens (primary N) is 1. The summed E-state index contributed by atoms with van der Waals surface area (Å²) in [6.45, 7) is 0. The number of halogens is 7. The molecule has 1 aromatic carbocycles. The standard InChI is InChI=1S/C11H7F7N2OS2/c12-9(13,10(14,15)16)11(17,18)23-4-1-5(19)8-6(2-4)20-7(21)3-22-8/h1-2H,3,19H2,(H,20,21). The van der Waals surface area contributed by atoms with Crippen LogP contribution in [0.25, 0.3) is 0 Å². The van der Waals surface area contributed by atoms with E-state index in [1.54, 1.807) is 0 Å². The lowest BCUT2D eigenvalue weighted by Gasteiger charge is -2.28. The predicted molar refractivity (Wildman–Crippen MR) is 72.0 cm³/mol. The van der Waals surface area contributed by atoms with Gasteiger partial charge in [0.2, 0.25) is 5.91 Å². The van der Waals surface area contributed by atoms with Gasteiger partial charge in [0, 0.05) is 10.6 Å². The minimum atomic E-state index is -6.41. The van der Waals surface area contributed by atoms with Crippen molar-refractivity contribution in [1.82, 2.24) is 0 Å². The molecular weight excluding hydrogens is 373 g/mol. The van der Waals surface area contributed by atoms with Crippen molar-refractivity contribution in [3.05, 3.63) is 12.1 Å². The van der Waals surface area contributed by atoms with Crippen molar-refractivity contribution in [2.24, 2.45) is 0 Å². The number of alkyl halides is 7. The summed E-state index contributed by atoms with van der Waals surface area (Å²) in [7, 11) is 0. The number of rotatable bonds is 3. The van der Waals surface area contributed by atoms with Crippen LogP contribution in [0, 0.1) is 0 Å². The van der Waals surface area contributed by atoms with E-state index < -0.39 is 39.9 Å². The fraction of sp³-hybridized carbons (Fsp3) is 0.364. The molecule has 1 aliphatic rings. The maximum Gasteiger partial charge on any atom is 0.460 e. The van der Waals surface area contributed by atoms with Gasteiger partial charge in [-0.05, 0) is 23.9 Å². The molecule has 0 radical (unpaired) electrons. The Morgan fingerprint density at radius 1 is 1.13 bits per heavy atom. The summed E-state index contributed by atoms with van der Waals surface area (Å²) in [5.74, 6) is -6.68. The Morgan fingerprint density at radius 3 is 2.30 bits per heavy atom. The molecule has 1 heterocycles. The van der Waals surface area contributed by atoms with Crippen LogP contribution < -0.4 is 11.1 Å². The van der Waals surface area contributed by atoms with Crippen molar-refractivity contribution in [2.75, 3.05) is 16.8 Å². The molecule has 0 aliphatic carbocycles. The van der Waals surface area contributed by atoms with Crippen LogP contribution in [-0.2, 0) is 4.79 Å². The van der Waals surface area contributed by atoms with E-state index in [4.69, 9.17) is 5.73 Å². The molecule has 3 nitrogen and oxygen atoms in total. The Bertz CT molecular complexity index is 648. The zero-order valence-electron chi connectivity index (χ0n) is 10.8. The summed E-state index contributed by atoms with van der Waals surface area (Å²) in [4.78, 5) is 10.9. The molecule has 2 rings (SSSR count). The quantitative estimate of drug-likeness (QED) is 0.469. The highest BCUT2D eigenvalue weighted by Gasteiger charge is 2.73. The van der Waals surface area contributed by atoms with Crippen LogP contribution in [0.3, 0.4) is 0 Å². The second-order valence-electron chi connectivity index (χ2n) is 4.42. The van der Waals surface area contributed by atoms with E-state index in [0.29, 0.717) is 4.90 Å². The van der Waals surface area contributed by atoms with Crippen LogP contribution in [0.4, 0.5) is 42.1 Å². The van der Waals surface area contributed by atoms with Crippen molar-refractivity contribution in [2.45, 2.75) is 27.1 Å². The van der Waals surface area contributed by atoms with E-state index in [1.165, 1.54) is 0 Å². The minimum absolute atomic E-state index is 0.0140. The average Bonchev–Trinajstić information content (AvgIpc) is 2.35. The summed E-state index contributed by atoms with van der Waals surface area (Å²) in [6, 6.07) is 1.73. The van der Waals surface area contributed by atoms with Gasteiger partial charge in [0.25, 0.3) is 0 Å². The maximum absolute atomic E-state index is 13.4. The Kier molecular flexibility index (Phi) is 4.43. The number of anilines is 2. The fourth-order valence-electron chi connectivity index (χ4n) is 1.64. The molecule has 0 unspecified atom stereocenters. The highest BCUT2D eigenvalue weighted by atomic mass is 32.2. The van der Waals surface area contributed by atoms with Crippen LogP contribution in [0.2, 0.25) is 0 Å². The molecule has 0 spiro atoms. The number of carbonyl (C=O) groups is 1. The van der Waals surface area contributed by atoms with E-state index in [2.05, 4.69) is 5.32 Å². The van der Waals surface area contributed by atoms with Gasteiger partial charge < -0.3 is 11.1 Å². The van der Waals surface area contributed by atoms with E-state index >= 15 is 0 Å². The van der Waals surface area contributed by atoms with Crippen LogP contribution in [0.5, 0.6) is 0 Å². The third-order valence-corrected chi connectivity index (χ3v) is 4.82. The lowest BCUT2D eigenvalue weighted by Crippen LogP contribution is -2.49. The Morgan fingerprint density at radius 2 is 1.74 bits per heavy atom. The SMILES string of the molecule is Nc1cc(SC(F)(F)C(F)(F)C(F)(F)F)cc2c1SCC(=O)N2. The Hall–Kier alpha value is -1.30. The highest BCUT2D eigenvalue weighted by molar-refractivity contribution is 8.01. The first-order chi connectivity index (χ1) is 10.3. The van der Waals surface area contributed by atoms with Gasteiger partial charge in [-0.1, -0.05) is 0 Å². The molecule has 12 heteroatoms. The highest BCUT2D eigenvalue weighted by Crippen LogP contribution is 2.54. The predicted octanol–water partition coefficient (Wildman–Crippen LogP) is 4.20. The molecule has 0 saturated heterocycles. The average molecular weight is 380 g/mol. The summed E-state index contributed by atoms with van der Waals surface area (Å²) >= 11 is 0.0220. The van der Waals surface area contributed by atoms with E-state index in [9.17, 15) is 35.5 Å². The van der Waals surface area contributed by atoms with Crippen molar-refractivity contribution < 1.29 is 35.5 Å². The molecule has 1 aromatic rings. The third-order valence-electron chi connectivity index (χ3n) is 2.68. The number of nitrogens with one attached hydrogen (secondary N) is 1. The van der Waals surface area contributed by atoms with Crippen LogP contribution in [0.1, 0.15) is 0 Å². The van der Waals surface area contributed by atoms with Crippen molar-refractivity contribution in [1.29, 1.82) is 0 Å². The monoisotopic (exact) mass is 380 g/mol. The largest absolute Gasteiger partial charge is 0.460 e. The van der Waals surface area contributed by atoms with Crippen molar-refractivity contribution in [3.63, 3.8) is 0 Å². The van der Waals surface area contributed by atoms with Gasteiger partial charge in [0.05, 0.1) is 16.3 Å². The zero-order valence-corrected chi connectivity index (χ0v) is 12.4. The first-order valence-electron chi connectivity index (χ1n) is 5.72. The number of thioether (sulfide) groups is 2. The first kappa shape index (κ1) is 18.0. The molecule has 1 aliphatic heterocycles. The molecule has 0 aromatic heterocycles. The van der Waals surface area contributed by atoms with Gasteiger partial charge in [-0.3, -0.25) is 4.79 Å². The minimum Gasteiger partial charge on any atom is -0.398 e. The van der Waals surface area contributed by atoms with Gasteiger partial charge >= 0.3 is 17.4 Å². The maximum atomic E-state index is 13.4.